The molecule has 126 valence electrons. The molecule has 3 nitrogen and oxygen atoms in total. The van der Waals surface area contributed by atoms with Crippen LogP contribution in [0.25, 0.3) is 0 Å². The van der Waals surface area contributed by atoms with Crippen molar-refractivity contribution in [3.63, 3.8) is 0 Å². The van der Waals surface area contributed by atoms with Gasteiger partial charge in [0.2, 0.25) is 0 Å². The van der Waals surface area contributed by atoms with E-state index in [9.17, 15) is 4.79 Å². The molecule has 0 bridgehead atoms. The third kappa shape index (κ3) is 4.71. The maximum absolute atomic E-state index is 12.0. The molecule has 0 aliphatic carbocycles. The molecular formula is C19H21NO2S2. The van der Waals surface area contributed by atoms with Crippen LogP contribution in [0.5, 0.6) is 5.75 Å². The van der Waals surface area contributed by atoms with Gasteiger partial charge in [0.1, 0.15) is 5.75 Å². The number of ether oxygens (including phenoxy) is 1. The average Bonchev–Trinajstić information content (AvgIpc) is 3.16. The molecule has 1 N–H and O–H groups in total. The van der Waals surface area contributed by atoms with E-state index in [2.05, 4.69) is 17.4 Å². The molecule has 0 unspecified atom stereocenters. The van der Waals surface area contributed by atoms with Gasteiger partial charge in [0, 0.05) is 11.5 Å². The van der Waals surface area contributed by atoms with E-state index in [-0.39, 0.29) is 18.6 Å². The first kappa shape index (κ1) is 17.2. The second-order valence-corrected chi connectivity index (χ2v) is 8.36. The van der Waals surface area contributed by atoms with Crippen molar-refractivity contribution in [3.8, 4) is 5.75 Å². The van der Waals surface area contributed by atoms with Gasteiger partial charge in [-0.15, -0.1) is 23.5 Å². The number of carbonyl (C=O) groups is 1. The minimum absolute atomic E-state index is 0.0268. The number of benzene rings is 2. The highest BCUT2D eigenvalue weighted by Crippen LogP contribution is 2.45. The molecule has 2 aromatic carbocycles. The van der Waals surface area contributed by atoms with Gasteiger partial charge in [-0.05, 0) is 30.2 Å². The summed E-state index contributed by atoms with van der Waals surface area (Å²) in [6, 6.07) is 18.0. The van der Waals surface area contributed by atoms with E-state index in [0.717, 1.165) is 11.3 Å². The van der Waals surface area contributed by atoms with Gasteiger partial charge in [-0.2, -0.15) is 0 Å². The Labute approximate surface area is 151 Å². The lowest BCUT2D eigenvalue weighted by molar-refractivity contribution is -0.123. The highest BCUT2D eigenvalue weighted by Gasteiger charge is 2.18. The van der Waals surface area contributed by atoms with Crippen LogP contribution in [0.2, 0.25) is 0 Å². The Morgan fingerprint density at radius 1 is 1.12 bits per heavy atom. The zero-order valence-corrected chi connectivity index (χ0v) is 15.2. The summed E-state index contributed by atoms with van der Waals surface area (Å²) in [4.78, 5) is 12.0. The highest BCUT2D eigenvalue weighted by molar-refractivity contribution is 8.19. The SMILES string of the molecule is C[C@@H](NC(=O)COc1ccc(C2SCCS2)cc1)c1ccccc1. The topological polar surface area (TPSA) is 38.3 Å². The molecule has 1 fully saturated rings. The largest absolute Gasteiger partial charge is 0.484 e. The molecule has 3 rings (SSSR count). The molecule has 24 heavy (non-hydrogen) atoms. The predicted octanol–water partition coefficient (Wildman–Crippen LogP) is 4.42. The van der Waals surface area contributed by atoms with Gasteiger partial charge in [-0.1, -0.05) is 42.5 Å². The zero-order chi connectivity index (χ0) is 16.8. The molecular weight excluding hydrogens is 338 g/mol. The first-order valence-electron chi connectivity index (χ1n) is 8.02. The van der Waals surface area contributed by atoms with Crippen molar-refractivity contribution < 1.29 is 9.53 Å². The summed E-state index contributed by atoms with van der Waals surface area (Å²) in [5, 5.41) is 2.95. The van der Waals surface area contributed by atoms with Gasteiger partial charge in [0.05, 0.1) is 10.6 Å². The summed E-state index contributed by atoms with van der Waals surface area (Å²) in [6.45, 7) is 2.00. The molecule has 2 aromatic rings. The molecule has 0 spiro atoms. The molecule has 1 saturated heterocycles. The van der Waals surface area contributed by atoms with Crippen LogP contribution in [-0.4, -0.2) is 24.0 Å². The summed E-state index contributed by atoms with van der Waals surface area (Å²) in [7, 11) is 0. The van der Waals surface area contributed by atoms with Crippen LogP contribution >= 0.6 is 23.5 Å². The first-order valence-corrected chi connectivity index (χ1v) is 10.1. The number of hydrogen-bond donors (Lipinski definition) is 1. The van der Waals surface area contributed by atoms with Gasteiger partial charge < -0.3 is 10.1 Å². The summed E-state index contributed by atoms with van der Waals surface area (Å²) < 4.78 is 6.13. The van der Waals surface area contributed by atoms with Crippen LogP contribution in [0.15, 0.2) is 54.6 Å². The summed E-state index contributed by atoms with van der Waals surface area (Å²) in [6.07, 6.45) is 0. The van der Waals surface area contributed by atoms with E-state index in [4.69, 9.17) is 4.74 Å². The molecule has 1 aliphatic rings. The van der Waals surface area contributed by atoms with Crippen LogP contribution in [0.3, 0.4) is 0 Å². The molecule has 0 aromatic heterocycles. The fourth-order valence-corrected chi connectivity index (χ4v) is 5.39. The number of nitrogens with one attached hydrogen (secondary N) is 1. The van der Waals surface area contributed by atoms with Crippen LogP contribution in [0, 0.1) is 0 Å². The Kier molecular flexibility index (Phi) is 6.10. The Balaban J connectivity index is 1.47. The third-order valence-corrected chi connectivity index (χ3v) is 6.93. The number of thioether (sulfide) groups is 2. The number of rotatable bonds is 6. The Morgan fingerprint density at radius 2 is 1.79 bits per heavy atom. The quantitative estimate of drug-likeness (QED) is 0.828. The lowest BCUT2D eigenvalue weighted by Gasteiger charge is -2.15. The summed E-state index contributed by atoms with van der Waals surface area (Å²) in [5.41, 5.74) is 2.40. The van der Waals surface area contributed by atoms with Crippen molar-refractivity contribution >= 4 is 29.4 Å². The highest BCUT2D eigenvalue weighted by atomic mass is 32.2. The number of hydrogen-bond acceptors (Lipinski definition) is 4. The second-order valence-electron chi connectivity index (χ2n) is 5.63. The van der Waals surface area contributed by atoms with E-state index in [0.29, 0.717) is 4.58 Å². The van der Waals surface area contributed by atoms with Crippen molar-refractivity contribution in [1.82, 2.24) is 5.32 Å². The molecule has 1 aliphatic heterocycles. The fraction of sp³-hybridized carbons (Fsp3) is 0.316. The predicted molar refractivity (Wildman–Crippen MR) is 103 cm³/mol. The monoisotopic (exact) mass is 359 g/mol. The van der Waals surface area contributed by atoms with Crippen LogP contribution in [0.4, 0.5) is 0 Å². The average molecular weight is 360 g/mol. The van der Waals surface area contributed by atoms with E-state index < -0.39 is 0 Å². The minimum atomic E-state index is -0.114. The second kappa shape index (κ2) is 8.49. The van der Waals surface area contributed by atoms with E-state index in [1.54, 1.807) is 0 Å². The van der Waals surface area contributed by atoms with Crippen LogP contribution < -0.4 is 10.1 Å². The Morgan fingerprint density at radius 3 is 2.46 bits per heavy atom. The molecule has 1 heterocycles. The van der Waals surface area contributed by atoms with E-state index in [1.165, 1.54) is 17.1 Å². The maximum Gasteiger partial charge on any atom is 0.258 e. The normalized spacial score (nSPS) is 15.9. The molecule has 1 amide bonds. The van der Waals surface area contributed by atoms with Crippen molar-refractivity contribution in [2.75, 3.05) is 18.1 Å². The van der Waals surface area contributed by atoms with Crippen molar-refractivity contribution in [1.29, 1.82) is 0 Å². The zero-order valence-electron chi connectivity index (χ0n) is 13.6. The Hall–Kier alpha value is -1.59. The van der Waals surface area contributed by atoms with Crippen molar-refractivity contribution in [3.05, 3.63) is 65.7 Å². The number of carbonyl (C=O) groups excluding carboxylic acids is 1. The molecule has 0 saturated carbocycles. The lowest BCUT2D eigenvalue weighted by Crippen LogP contribution is -2.31. The fourth-order valence-electron chi connectivity index (χ4n) is 2.53. The summed E-state index contributed by atoms with van der Waals surface area (Å²) in [5.74, 6) is 3.05. The van der Waals surface area contributed by atoms with Crippen molar-refractivity contribution in [2.24, 2.45) is 0 Å². The lowest BCUT2D eigenvalue weighted by atomic mass is 10.1. The van der Waals surface area contributed by atoms with Crippen LogP contribution in [0.1, 0.15) is 28.7 Å². The van der Waals surface area contributed by atoms with Crippen molar-refractivity contribution in [2.45, 2.75) is 17.5 Å². The van der Waals surface area contributed by atoms with E-state index >= 15 is 0 Å². The first-order chi connectivity index (χ1) is 11.7. The number of amides is 1. The van der Waals surface area contributed by atoms with Gasteiger partial charge in [-0.3, -0.25) is 4.79 Å². The third-order valence-electron chi connectivity index (χ3n) is 3.82. The minimum Gasteiger partial charge on any atom is -0.484 e. The van der Waals surface area contributed by atoms with E-state index in [1.807, 2.05) is 72.9 Å². The molecule has 0 radical (unpaired) electrons. The Bertz CT molecular complexity index is 655. The summed E-state index contributed by atoms with van der Waals surface area (Å²) >= 11 is 3.96. The van der Waals surface area contributed by atoms with Gasteiger partial charge in [-0.25, -0.2) is 0 Å². The van der Waals surface area contributed by atoms with Gasteiger partial charge in [0.15, 0.2) is 6.61 Å². The van der Waals surface area contributed by atoms with Gasteiger partial charge >= 0.3 is 0 Å². The smallest absolute Gasteiger partial charge is 0.258 e. The van der Waals surface area contributed by atoms with Crippen LogP contribution in [-0.2, 0) is 4.79 Å². The molecule has 5 heteroatoms. The van der Waals surface area contributed by atoms with Gasteiger partial charge in [0.25, 0.3) is 5.91 Å². The standard InChI is InChI=1S/C19H21NO2S2/c1-14(15-5-3-2-4-6-15)20-18(21)13-22-17-9-7-16(8-10-17)19-23-11-12-24-19/h2-10,14,19H,11-13H2,1H3,(H,20,21)/t14-/m1/s1. The molecule has 1 atom stereocenters. The maximum atomic E-state index is 12.0.